The van der Waals surface area contributed by atoms with Crippen LogP contribution in [0.1, 0.15) is 34.0 Å². The lowest BCUT2D eigenvalue weighted by Crippen LogP contribution is -2.52. The minimum atomic E-state index is -4.43. The first-order valence-corrected chi connectivity index (χ1v) is 11.8. The Kier molecular flexibility index (Phi) is 6.50. The number of hydrogen-bond acceptors (Lipinski definition) is 7. The Balaban J connectivity index is 1.34. The molecule has 8 nitrogen and oxygen atoms in total. The summed E-state index contributed by atoms with van der Waals surface area (Å²) in [6, 6.07) is 7.57. The lowest BCUT2D eigenvalue weighted by Gasteiger charge is -2.41. The quantitative estimate of drug-likeness (QED) is 0.606. The summed E-state index contributed by atoms with van der Waals surface area (Å²) in [5.41, 5.74) is 2.21. The number of aliphatic hydroxyl groups excluding tert-OH is 1. The number of aliphatic hydroxyl groups is 1. The summed E-state index contributed by atoms with van der Waals surface area (Å²) in [5.74, 6) is -0.333. The molecule has 2 amide bonds. The number of benzene rings is 1. The topological polar surface area (TPSA) is 95.0 Å². The minimum absolute atomic E-state index is 0.0132. The lowest BCUT2D eigenvalue weighted by atomic mass is 9.91. The normalized spacial score (nSPS) is 22.6. The molecule has 194 valence electrons. The summed E-state index contributed by atoms with van der Waals surface area (Å²) in [6.45, 7) is 4.30. The molecule has 11 heteroatoms. The van der Waals surface area contributed by atoms with E-state index in [0.717, 1.165) is 17.8 Å². The van der Waals surface area contributed by atoms with Gasteiger partial charge >= 0.3 is 6.18 Å². The van der Waals surface area contributed by atoms with Gasteiger partial charge in [0.15, 0.2) is 0 Å². The molecule has 0 aliphatic carbocycles. The highest BCUT2D eigenvalue weighted by molar-refractivity contribution is 6.10. The molecule has 2 atom stereocenters. The number of piperazine rings is 1. The average molecular weight is 515 g/mol. The largest absolute Gasteiger partial charge is 0.468 e. The fourth-order valence-corrected chi connectivity index (χ4v) is 4.98. The molecular weight excluding hydrogens is 489 g/mol. The third kappa shape index (κ3) is 5.09. The maximum absolute atomic E-state index is 12.9. The number of pyridine rings is 1. The van der Waals surface area contributed by atoms with Gasteiger partial charge in [-0.2, -0.15) is 13.2 Å². The first kappa shape index (κ1) is 25.0. The van der Waals surface area contributed by atoms with Crippen LogP contribution < -0.4 is 10.2 Å². The van der Waals surface area contributed by atoms with E-state index in [9.17, 15) is 27.9 Å². The predicted octanol–water partition coefficient (Wildman–Crippen LogP) is 2.74. The van der Waals surface area contributed by atoms with Gasteiger partial charge in [-0.1, -0.05) is 12.1 Å². The summed E-state index contributed by atoms with van der Waals surface area (Å²) < 4.78 is 44.0. The number of carbonyl (C=O) groups is 2. The van der Waals surface area contributed by atoms with Gasteiger partial charge in [0.25, 0.3) is 5.91 Å². The van der Waals surface area contributed by atoms with Gasteiger partial charge in [0.2, 0.25) is 12.2 Å². The molecule has 1 fully saturated rings. The number of aromatic nitrogens is 1. The van der Waals surface area contributed by atoms with Crippen LogP contribution in [-0.4, -0.2) is 65.3 Å². The molecule has 4 heterocycles. The molecule has 1 aromatic carbocycles. The van der Waals surface area contributed by atoms with Crippen molar-refractivity contribution in [3.05, 3.63) is 76.7 Å². The molecule has 0 radical (unpaired) electrons. The second kappa shape index (κ2) is 9.64. The van der Waals surface area contributed by atoms with Crippen LogP contribution in [0.3, 0.4) is 0 Å². The summed E-state index contributed by atoms with van der Waals surface area (Å²) in [4.78, 5) is 32.2. The van der Waals surface area contributed by atoms with Crippen LogP contribution in [0.2, 0.25) is 0 Å². The molecule has 2 aromatic rings. The number of amides is 2. The van der Waals surface area contributed by atoms with Crippen molar-refractivity contribution in [2.75, 3.05) is 31.1 Å². The molecule has 1 unspecified atom stereocenters. The molecule has 3 aliphatic rings. The van der Waals surface area contributed by atoms with Crippen molar-refractivity contribution in [3.8, 4) is 0 Å². The summed E-state index contributed by atoms with van der Waals surface area (Å²) in [7, 11) is 0. The Morgan fingerprint density at radius 2 is 2.00 bits per heavy atom. The van der Waals surface area contributed by atoms with Crippen molar-refractivity contribution in [3.63, 3.8) is 0 Å². The van der Waals surface area contributed by atoms with Gasteiger partial charge in [0.1, 0.15) is 5.82 Å². The van der Waals surface area contributed by atoms with E-state index in [0.29, 0.717) is 54.3 Å². The molecule has 0 saturated carbocycles. The van der Waals surface area contributed by atoms with Crippen LogP contribution in [0.5, 0.6) is 0 Å². The number of hydrogen-bond donors (Lipinski definition) is 2. The van der Waals surface area contributed by atoms with Gasteiger partial charge in [-0.15, -0.1) is 0 Å². The van der Waals surface area contributed by atoms with E-state index in [-0.39, 0.29) is 18.4 Å². The maximum atomic E-state index is 12.9. The second-order valence-electron chi connectivity index (χ2n) is 9.34. The number of alkyl halides is 3. The van der Waals surface area contributed by atoms with E-state index in [4.69, 9.17) is 4.74 Å². The van der Waals surface area contributed by atoms with Crippen molar-refractivity contribution < 1.29 is 32.6 Å². The van der Waals surface area contributed by atoms with Crippen LogP contribution in [0, 0.1) is 0 Å². The molecule has 3 aliphatic heterocycles. The van der Waals surface area contributed by atoms with E-state index < -0.39 is 23.9 Å². The molecule has 0 spiro atoms. The molecular formula is C26H25F3N4O4. The smallest absolute Gasteiger partial charge is 0.417 e. The number of fused-ring (bicyclic) bond motifs is 1. The molecule has 1 saturated heterocycles. The molecule has 2 N–H and O–H groups in total. The number of carbonyl (C=O) groups excluding carboxylic acids is 2. The number of imide groups is 1. The number of ether oxygens (including phenoxy) is 1. The van der Waals surface area contributed by atoms with E-state index in [1.165, 1.54) is 12.3 Å². The number of nitrogens with one attached hydrogen (secondary N) is 1. The van der Waals surface area contributed by atoms with Crippen LogP contribution in [0.15, 0.2) is 54.4 Å². The zero-order valence-corrected chi connectivity index (χ0v) is 20.0. The Labute approximate surface area is 211 Å². The molecule has 5 rings (SSSR count). The van der Waals surface area contributed by atoms with Crippen LogP contribution in [0.25, 0.3) is 5.57 Å². The van der Waals surface area contributed by atoms with Gasteiger partial charge in [0.05, 0.1) is 18.2 Å². The van der Waals surface area contributed by atoms with Gasteiger partial charge in [-0.25, -0.2) is 4.98 Å². The average Bonchev–Trinajstić information content (AvgIpc) is 2.84. The third-order valence-electron chi connectivity index (χ3n) is 6.81. The standard InChI is InChI=1S/C26H25F3N4O4/c1-15-13-32(7-8-33(15)21-5-4-19(12-30-21)26(27,28)29)14-18-6-9-37-25(36)23(18)17-3-2-16-11-22(34)31-24(35)20(16)10-17/h2-6,9-10,12,15,25,36H,7-8,11,13-14H2,1H3,(H,31,34,35)/t15-,25?/m1/s1. The number of anilines is 1. The predicted molar refractivity (Wildman–Crippen MR) is 128 cm³/mol. The summed E-state index contributed by atoms with van der Waals surface area (Å²) >= 11 is 0. The number of nitrogens with zero attached hydrogens (tertiary/aromatic N) is 3. The third-order valence-corrected chi connectivity index (χ3v) is 6.81. The van der Waals surface area contributed by atoms with E-state index in [2.05, 4.69) is 15.2 Å². The van der Waals surface area contributed by atoms with E-state index in [1.807, 2.05) is 11.8 Å². The summed E-state index contributed by atoms with van der Waals surface area (Å²) in [5, 5.41) is 13.0. The first-order valence-electron chi connectivity index (χ1n) is 11.8. The van der Waals surface area contributed by atoms with Gasteiger partial charge in [0, 0.05) is 49.6 Å². The Hall–Kier alpha value is -3.70. The van der Waals surface area contributed by atoms with E-state index >= 15 is 0 Å². The van der Waals surface area contributed by atoms with Crippen molar-refractivity contribution in [1.29, 1.82) is 0 Å². The van der Waals surface area contributed by atoms with Crippen molar-refractivity contribution >= 4 is 23.2 Å². The highest BCUT2D eigenvalue weighted by Gasteiger charge is 2.32. The maximum Gasteiger partial charge on any atom is 0.417 e. The van der Waals surface area contributed by atoms with E-state index in [1.54, 1.807) is 24.3 Å². The monoisotopic (exact) mass is 514 g/mol. The Bertz CT molecular complexity index is 1290. The summed E-state index contributed by atoms with van der Waals surface area (Å²) in [6.07, 6.45) is -1.47. The van der Waals surface area contributed by atoms with Crippen molar-refractivity contribution in [2.24, 2.45) is 0 Å². The highest BCUT2D eigenvalue weighted by atomic mass is 19.4. The lowest BCUT2D eigenvalue weighted by molar-refractivity contribution is -0.137. The SMILES string of the molecule is C[C@@H]1CN(CC2=C(c3ccc4c(c3)C(=O)NC(=O)C4)C(O)OC=C2)CCN1c1ccc(C(F)(F)F)cn1. The Morgan fingerprint density at radius 3 is 2.70 bits per heavy atom. The zero-order chi connectivity index (χ0) is 26.3. The zero-order valence-electron chi connectivity index (χ0n) is 20.0. The van der Waals surface area contributed by atoms with Crippen LogP contribution in [-0.2, 0) is 22.1 Å². The fraction of sp³-hybridized carbons (Fsp3) is 0.346. The minimum Gasteiger partial charge on any atom is -0.468 e. The van der Waals surface area contributed by atoms with Gasteiger partial charge in [-0.05, 0) is 47.9 Å². The van der Waals surface area contributed by atoms with Crippen LogP contribution >= 0.6 is 0 Å². The molecule has 37 heavy (non-hydrogen) atoms. The molecule has 0 bridgehead atoms. The van der Waals surface area contributed by atoms with Crippen molar-refractivity contribution in [2.45, 2.75) is 31.9 Å². The first-order chi connectivity index (χ1) is 17.6. The molecule has 1 aromatic heterocycles. The number of rotatable bonds is 4. The van der Waals surface area contributed by atoms with Crippen molar-refractivity contribution in [1.82, 2.24) is 15.2 Å². The van der Waals surface area contributed by atoms with Gasteiger partial charge < -0.3 is 14.7 Å². The Morgan fingerprint density at radius 1 is 1.19 bits per heavy atom. The fourth-order valence-electron chi connectivity index (χ4n) is 4.98. The van der Waals surface area contributed by atoms with Gasteiger partial charge in [-0.3, -0.25) is 19.8 Å². The van der Waals surface area contributed by atoms with Crippen LogP contribution in [0.4, 0.5) is 19.0 Å². The number of halogens is 3. The second-order valence-corrected chi connectivity index (χ2v) is 9.34. The highest BCUT2D eigenvalue weighted by Crippen LogP contribution is 2.32.